The molecule has 18 heavy (non-hydrogen) atoms. The highest BCUT2D eigenvalue weighted by atomic mass is 32.2. The molecule has 0 aromatic carbocycles. The summed E-state index contributed by atoms with van der Waals surface area (Å²) in [5.74, 6) is -0.853. The van der Waals surface area contributed by atoms with Gasteiger partial charge in [-0.1, -0.05) is 6.92 Å². The quantitative estimate of drug-likeness (QED) is 0.644. The summed E-state index contributed by atoms with van der Waals surface area (Å²) in [5.41, 5.74) is 0. The van der Waals surface area contributed by atoms with Gasteiger partial charge in [-0.25, -0.2) is 0 Å². The summed E-state index contributed by atoms with van der Waals surface area (Å²) < 4.78 is 26.8. The number of hydrogen-bond acceptors (Lipinski definition) is 4. The van der Waals surface area contributed by atoms with Crippen molar-refractivity contribution in [1.29, 1.82) is 0 Å². The zero-order valence-electron chi connectivity index (χ0n) is 11.0. The number of rotatable bonds is 7. The highest BCUT2D eigenvalue weighted by molar-refractivity contribution is 7.87. The molecule has 1 aliphatic rings. The first-order valence-electron chi connectivity index (χ1n) is 5.92. The lowest BCUT2D eigenvalue weighted by molar-refractivity contribution is -0.139. The lowest BCUT2D eigenvalue weighted by Gasteiger charge is -2.42. The lowest BCUT2D eigenvalue weighted by Crippen LogP contribution is -2.56. The standard InChI is InChI=1S/C10H21N3O4S/c1-4-13(7-10(14)15)9-5-8(6-9)11-18(16,17)12(2)3/h8-9,11H,4-7H2,1-3H3,(H,14,15). The van der Waals surface area contributed by atoms with Crippen LogP contribution in [0.15, 0.2) is 0 Å². The van der Waals surface area contributed by atoms with Crippen molar-refractivity contribution in [3.05, 3.63) is 0 Å². The fourth-order valence-electron chi connectivity index (χ4n) is 1.97. The number of nitrogens with zero attached hydrogens (tertiary/aromatic N) is 2. The van der Waals surface area contributed by atoms with Crippen LogP contribution in [0, 0.1) is 0 Å². The SMILES string of the molecule is CCN(CC(=O)O)C1CC(NS(=O)(=O)N(C)C)C1. The van der Waals surface area contributed by atoms with E-state index in [4.69, 9.17) is 5.11 Å². The molecule has 0 unspecified atom stereocenters. The van der Waals surface area contributed by atoms with Crippen LogP contribution in [-0.4, -0.2) is 68.0 Å². The first kappa shape index (κ1) is 15.4. The molecule has 1 rings (SSSR count). The van der Waals surface area contributed by atoms with E-state index in [1.54, 1.807) is 0 Å². The zero-order chi connectivity index (χ0) is 13.9. The summed E-state index contributed by atoms with van der Waals surface area (Å²) in [5, 5.41) is 8.75. The molecule has 0 radical (unpaired) electrons. The van der Waals surface area contributed by atoms with E-state index in [9.17, 15) is 13.2 Å². The first-order chi connectivity index (χ1) is 8.26. The van der Waals surface area contributed by atoms with Crippen LogP contribution in [0.2, 0.25) is 0 Å². The lowest BCUT2D eigenvalue weighted by atomic mass is 9.86. The number of likely N-dealkylation sites (N-methyl/N-ethyl adjacent to an activating group) is 1. The van der Waals surface area contributed by atoms with Gasteiger partial charge in [0.05, 0.1) is 6.54 Å². The molecule has 1 fully saturated rings. The van der Waals surface area contributed by atoms with Crippen LogP contribution in [0.3, 0.4) is 0 Å². The Morgan fingerprint density at radius 2 is 1.94 bits per heavy atom. The highest BCUT2D eigenvalue weighted by Crippen LogP contribution is 2.26. The Morgan fingerprint density at radius 1 is 1.39 bits per heavy atom. The molecular weight excluding hydrogens is 258 g/mol. The zero-order valence-corrected chi connectivity index (χ0v) is 11.8. The van der Waals surface area contributed by atoms with Gasteiger partial charge in [0.25, 0.3) is 10.2 Å². The summed E-state index contributed by atoms with van der Waals surface area (Å²) in [6.45, 7) is 2.57. The first-order valence-corrected chi connectivity index (χ1v) is 7.36. The molecule has 0 aromatic rings. The van der Waals surface area contributed by atoms with Crippen molar-refractivity contribution in [2.75, 3.05) is 27.2 Å². The molecule has 0 aliphatic heterocycles. The van der Waals surface area contributed by atoms with Crippen LogP contribution in [-0.2, 0) is 15.0 Å². The van der Waals surface area contributed by atoms with Gasteiger partial charge in [-0.2, -0.15) is 17.4 Å². The van der Waals surface area contributed by atoms with Crippen molar-refractivity contribution in [2.45, 2.75) is 31.8 Å². The smallest absolute Gasteiger partial charge is 0.317 e. The molecule has 7 nitrogen and oxygen atoms in total. The number of carbonyl (C=O) groups is 1. The molecule has 0 spiro atoms. The molecule has 0 atom stereocenters. The fraction of sp³-hybridized carbons (Fsp3) is 0.900. The molecular formula is C10H21N3O4S. The predicted octanol–water partition coefficient (Wildman–Crippen LogP) is -0.680. The van der Waals surface area contributed by atoms with E-state index >= 15 is 0 Å². The summed E-state index contributed by atoms with van der Waals surface area (Å²) in [6, 6.07) is 0.0613. The highest BCUT2D eigenvalue weighted by Gasteiger charge is 2.36. The van der Waals surface area contributed by atoms with Crippen LogP contribution in [0.1, 0.15) is 19.8 Å². The molecule has 1 aliphatic carbocycles. The fourth-order valence-corrected chi connectivity index (χ4v) is 2.80. The molecule has 2 N–H and O–H groups in total. The predicted molar refractivity (Wildman–Crippen MR) is 67.4 cm³/mol. The van der Waals surface area contributed by atoms with E-state index in [1.165, 1.54) is 14.1 Å². The molecule has 0 amide bonds. The van der Waals surface area contributed by atoms with E-state index in [1.807, 2.05) is 11.8 Å². The number of nitrogens with one attached hydrogen (secondary N) is 1. The third-order valence-electron chi connectivity index (χ3n) is 3.17. The minimum atomic E-state index is -3.39. The maximum absolute atomic E-state index is 11.6. The summed E-state index contributed by atoms with van der Waals surface area (Å²) in [6.07, 6.45) is 1.32. The third kappa shape index (κ3) is 3.91. The maximum atomic E-state index is 11.6. The molecule has 0 heterocycles. The van der Waals surface area contributed by atoms with Crippen LogP contribution >= 0.6 is 0 Å². The molecule has 0 aromatic heterocycles. The van der Waals surface area contributed by atoms with Crippen LogP contribution in [0.25, 0.3) is 0 Å². The van der Waals surface area contributed by atoms with Crippen molar-refractivity contribution in [2.24, 2.45) is 0 Å². The Balaban J connectivity index is 2.42. The Hall–Kier alpha value is -0.700. The molecule has 106 valence electrons. The topological polar surface area (TPSA) is 90.0 Å². The van der Waals surface area contributed by atoms with Crippen molar-refractivity contribution < 1.29 is 18.3 Å². The van der Waals surface area contributed by atoms with Gasteiger partial charge in [0, 0.05) is 26.2 Å². The van der Waals surface area contributed by atoms with Gasteiger partial charge in [-0.05, 0) is 19.4 Å². The minimum absolute atomic E-state index is 0.00825. The van der Waals surface area contributed by atoms with Crippen molar-refractivity contribution in [3.8, 4) is 0 Å². The normalized spacial score (nSPS) is 24.3. The molecule has 0 bridgehead atoms. The summed E-state index contributed by atoms with van der Waals surface area (Å²) >= 11 is 0. The van der Waals surface area contributed by atoms with Crippen molar-refractivity contribution in [3.63, 3.8) is 0 Å². The minimum Gasteiger partial charge on any atom is -0.480 e. The number of hydrogen-bond donors (Lipinski definition) is 2. The average Bonchev–Trinajstić information content (AvgIpc) is 2.19. The number of carboxylic acid groups (broad SMARTS) is 1. The summed E-state index contributed by atoms with van der Waals surface area (Å²) in [7, 11) is -0.442. The van der Waals surface area contributed by atoms with Crippen LogP contribution < -0.4 is 4.72 Å². The van der Waals surface area contributed by atoms with E-state index in [0.717, 1.165) is 4.31 Å². The van der Waals surface area contributed by atoms with Crippen molar-refractivity contribution in [1.82, 2.24) is 13.9 Å². The van der Waals surface area contributed by atoms with E-state index in [2.05, 4.69) is 4.72 Å². The van der Waals surface area contributed by atoms with E-state index in [-0.39, 0.29) is 18.6 Å². The van der Waals surface area contributed by atoms with Crippen LogP contribution in [0.5, 0.6) is 0 Å². The van der Waals surface area contributed by atoms with Gasteiger partial charge in [-0.3, -0.25) is 9.69 Å². The van der Waals surface area contributed by atoms with Gasteiger partial charge in [0.15, 0.2) is 0 Å². The van der Waals surface area contributed by atoms with Gasteiger partial charge in [0.1, 0.15) is 0 Å². The second kappa shape index (κ2) is 5.96. The Kier molecular flexibility index (Phi) is 5.09. The Morgan fingerprint density at radius 3 is 2.33 bits per heavy atom. The van der Waals surface area contributed by atoms with Gasteiger partial charge in [0.2, 0.25) is 0 Å². The van der Waals surface area contributed by atoms with E-state index < -0.39 is 16.2 Å². The Bertz CT molecular complexity index is 390. The molecule has 1 saturated carbocycles. The molecule has 0 saturated heterocycles. The summed E-state index contributed by atoms with van der Waals surface area (Å²) in [4.78, 5) is 12.5. The van der Waals surface area contributed by atoms with Crippen molar-refractivity contribution >= 4 is 16.2 Å². The monoisotopic (exact) mass is 279 g/mol. The largest absolute Gasteiger partial charge is 0.480 e. The van der Waals surface area contributed by atoms with Gasteiger partial charge in [-0.15, -0.1) is 0 Å². The van der Waals surface area contributed by atoms with Gasteiger partial charge >= 0.3 is 5.97 Å². The van der Waals surface area contributed by atoms with Crippen LogP contribution in [0.4, 0.5) is 0 Å². The second-order valence-corrected chi connectivity index (χ2v) is 6.60. The Labute approximate surface area is 108 Å². The molecule has 8 heteroatoms. The van der Waals surface area contributed by atoms with E-state index in [0.29, 0.717) is 19.4 Å². The number of carboxylic acids is 1. The number of aliphatic carboxylic acids is 1. The second-order valence-electron chi connectivity index (χ2n) is 4.68. The third-order valence-corrected chi connectivity index (χ3v) is 4.76. The maximum Gasteiger partial charge on any atom is 0.317 e. The average molecular weight is 279 g/mol. The van der Waals surface area contributed by atoms with Gasteiger partial charge < -0.3 is 5.11 Å².